The molecule has 3 heteroatoms. The summed E-state index contributed by atoms with van der Waals surface area (Å²) < 4.78 is 6.29. The van der Waals surface area contributed by atoms with Crippen LogP contribution in [0.5, 0.6) is 5.75 Å². The van der Waals surface area contributed by atoms with E-state index >= 15 is 0 Å². The summed E-state index contributed by atoms with van der Waals surface area (Å²) in [4.78, 5) is 16.3. The van der Waals surface area contributed by atoms with E-state index in [1.165, 1.54) is 10.8 Å². The predicted octanol–water partition coefficient (Wildman–Crippen LogP) is 7.93. The Bertz CT molecular complexity index is 1490. The molecule has 0 N–H and O–H groups in total. The predicted molar refractivity (Wildman–Crippen MR) is 152 cm³/mol. The summed E-state index contributed by atoms with van der Waals surface area (Å²) in [7, 11) is 4.10. The molecule has 0 spiro atoms. The summed E-state index contributed by atoms with van der Waals surface area (Å²) in [6.45, 7) is 5.91. The van der Waals surface area contributed by atoms with E-state index in [-0.39, 0.29) is 11.7 Å². The van der Waals surface area contributed by atoms with Crippen LogP contribution in [0.15, 0.2) is 78.9 Å². The molecule has 3 nitrogen and oxygen atoms in total. The van der Waals surface area contributed by atoms with E-state index < -0.39 is 0 Å². The Morgan fingerprint density at radius 3 is 2.31 bits per heavy atom. The summed E-state index contributed by atoms with van der Waals surface area (Å²) in [5.41, 5.74) is 1.90. The standard InChI is InChI=1S/C33H35NO2/c1-22(2)13-15-26(23-9-6-5-7-10-23)33(35)28-17-18-29-30(36-20-19-34(3)4)21-25-12-8-11-24-14-16-27(28)32(29)31(24)25/h5-12,14,16-18,21-22,26H,13,15,19-20H2,1-4H3. The molecule has 0 aromatic heterocycles. The number of benzene rings is 5. The van der Waals surface area contributed by atoms with E-state index in [1.54, 1.807) is 0 Å². The van der Waals surface area contributed by atoms with Crippen molar-refractivity contribution in [3.63, 3.8) is 0 Å². The highest BCUT2D eigenvalue weighted by Gasteiger charge is 2.25. The Kier molecular flexibility index (Phi) is 6.93. The van der Waals surface area contributed by atoms with Gasteiger partial charge in [0.15, 0.2) is 5.78 Å². The molecule has 5 aromatic carbocycles. The van der Waals surface area contributed by atoms with Crippen molar-refractivity contribution in [3.05, 3.63) is 90.0 Å². The molecule has 0 fully saturated rings. The minimum Gasteiger partial charge on any atom is -0.492 e. The van der Waals surface area contributed by atoms with E-state index in [0.29, 0.717) is 12.5 Å². The summed E-state index contributed by atoms with van der Waals surface area (Å²) in [6.07, 6.45) is 1.86. The Balaban J connectivity index is 1.66. The highest BCUT2D eigenvalue weighted by molar-refractivity contribution is 6.28. The molecular weight excluding hydrogens is 442 g/mol. The molecule has 0 aliphatic carbocycles. The molecule has 0 saturated carbocycles. The van der Waals surface area contributed by atoms with E-state index in [4.69, 9.17) is 4.74 Å². The van der Waals surface area contributed by atoms with Crippen LogP contribution in [-0.4, -0.2) is 37.9 Å². The maximum atomic E-state index is 14.2. The Morgan fingerprint density at radius 1 is 0.806 bits per heavy atom. The molecule has 0 radical (unpaired) electrons. The number of hydrogen-bond acceptors (Lipinski definition) is 3. The average Bonchev–Trinajstić information content (AvgIpc) is 2.87. The number of nitrogens with zero attached hydrogens (tertiary/aromatic N) is 1. The van der Waals surface area contributed by atoms with Crippen LogP contribution >= 0.6 is 0 Å². The van der Waals surface area contributed by atoms with Crippen LogP contribution in [0.2, 0.25) is 0 Å². The van der Waals surface area contributed by atoms with Crippen molar-refractivity contribution in [1.82, 2.24) is 4.90 Å². The molecule has 0 saturated heterocycles. The van der Waals surface area contributed by atoms with Gasteiger partial charge in [-0.2, -0.15) is 0 Å². The zero-order chi connectivity index (χ0) is 25.2. The van der Waals surface area contributed by atoms with Gasteiger partial charge >= 0.3 is 0 Å². The minimum atomic E-state index is -0.150. The minimum absolute atomic E-state index is 0.150. The van der Waals surface area contributed by atoms with Crippen molar-refractivity contribution < 1.29 is 9.53 Å². The Hall–Kier alpha value is -3.43. The summed E-state index contributed by atoms with van der Waals surface area (Å²) in [5.74, 6) is 1.48. The number of ether oxygens (including phenoxy) is 1. The molecule has 184 valence electrons. The third-order valence-corrected chi connectivity index (χ3v) is 7.22. The van der Waals surface area contributed by atoms with Crippen LogP contribution in [0.3, 0.4) is 0 Å². The number of carbonyl (C=O) groups is 1. The summed E-state index contributed by atoms with van der Waals surface area (Å²) in [6, 6.07) is 27.2. The van der Waals surface area contributed by atoms with Gasteiger partial charge in [0.1, 0.15) is 12.4 Å². The van der Waals surface area contributed by atoms with Gasteiger partial charge in [-0.15, -0.1) is 0 Å². The van der Waals surface area contributed by atoms with Gasteiger partial charge in [-0.25, -0.2) is 0 Å². The Labute approximate surface area is 214 Å². The third-order valence-electron chi connectivity index (χ3n) is 7.22. The van der Waals surface area contributed by atoms with E-state index in [9.17, 15) is 4.79 Å². The van der Waals surface area contributed by atoms with Gasteiger partial charge in [0, 0.05) is 28.8 Å². The van der Waals surface area contributed by atoms with Gasteiger partial charge in [-0.3, -0.25) is 4.79 Å². The highest BCUT2D eigenvalue weighted by Crippen LogP contribution is 2.42. The van der Waals surface area contributed by atoms with Crippen LogP contribution in [0.1, 0.15) is 48.5 Å². The summed E-state index contributed by atoms with van der Waals surface area (Å²) >= 11 is 0. The van der Waals surface area contributed by atoms with Gasteiger partial charge in [0.2, 0.25) is 0 Å². The normalized spacial score (nSPS) is 12.8. The van der Waals surface area contributed by atoms with Crippen LogP contribution in [-0.2, 0) is 0 Å². The third kappa shape index (κ3) is 4.68. The molecule has 0 heterocycles. The number of ketones is 1. The van der Waals surface area contributed by atoms with E-state index in [1.807, 2.05) is 24.3 Å². The summed E-state index contributed by atoms with van der Waals surface area (Å²) in [5, 5.41) is 6.76. The lowest BCUT2D eigenvalue weighted by atomic mass is 9.82. The fraction of sp³-hybridized carbons (Fsp3) is 0.303. The van der Waals surface area contributed by atoms with E-state index in [2.05, 4.69) is 87.4 Å². The average molecular weight is 478 g/mol. The largest absolute Gasteiger partial charge is 0.492 e. The SMILES string of the molecule is CC(C)CCC(C(=O)c1ccc2c(OCCN(C)C)cc3cccc4ccc1c2c43)c1ccccc1. The maximum absolute atomic E-state index is 14.2. The number of hydrogen-bond donors (Lipinski definition) is 0. The second-order valence-electron chi connectivity index (χ2n) is 10.6. The Morgan fingerprint density at radius 2 is 1.56 bits per heavy atom. The fourth-order valence-electron chi connectivity index (χ4n) is 5.29. The first-order chi connectivity index (χ1) is 17.4. The first-order valence-corrected chi connectivity index (χ1v) is 13.0. The second-order valence-corrected chi connectivity index (χ2v) is 10.6. The van der Waals surface area contributed by atoms with E-state index in [0.717, 1.165) is 57.8 Å². The van der Waals surface area contributed by atoms with Crippen molar-refractivity contribution in [1.29, 1.82) is 0 Å². The van der Waals surface area contributed by atoms with Crippen molar-refractivity contribution in [2.75, 3.05) is 27.2 Å². The van der Waals surface area contributed by atoms with Crippen LogP contribution in [0.4, 0.5) is 0 Å². The van der Waals surface area contributed by atoms with Crippen molar-refractivity contribution in [2.45, 2.75) is 32.6 Å². The zero-order valence-electron chi connectivity index (χ0n) is 21.8. The lowest BCUT2D eigenvalue weighted by molar-refractivity contribution is 0.0954. The zero-order valence-corrected chi connectivity index (χ0v) is 21.8. The molecule has 0 aliphatic heterocycles. The molecule has 0 amide bonds. The molecule has 1 atom stereocenters. The van der Waals surface area contributed by atoms with Crippen LogP contribution < -0.4 is 4.74 Å². The van der Waals surface area contributed by atoms with Gasteiger partial charge in [0.25, 0.3) is 0 Å². The fourth-order valence-corrected chi connectivity index (χ4v) is 5.29. The molecule has 36 heavy (non-hydrogen) atoms. The maximum Gasteiger partial charge on any atom is 0.170 e. The topological polar surface area (TPSA) is 29.5 Å². The van der Waals surface area contributed by atoms with Crippen molar-refractivity contribution in [2.24, 2.45) is 5.92 Å². The number of carbonyl (C=O) groups excluding carboxylic acids is 1. The monoisotopic (exact) mass is 477 g/mol. The number of rotatable bonds is 10. The molecule has 1 unspecified atom stereocenters. The molecule has 0 bridgehead atoms. The van der Waals surface area contributed by atoms with Gasteiger partial charge in [-0.05, 0) is 72.1 Å². The van der Waals surface area contributed by atoms with Gasteiger partial charge in [0.05, 0.1) is 0 Å². The lowest BCUT2D eigenvalue weighted by Gasteiger charge is -2.21. The quantitative estimate of drug-likeness (QED) is 0.151. The molecule has 5 rings (SSSR count). The highest BCUT2D eigenvalue weighted by atomic mass is 16.5. The van der Waals surface area contributed by atoms with Crippen molar-refractivity contribution in [3.8, 4) is 5.75 Å². The first kappa shape index (κ1) is 24.3. The smallest absolute Gasteiger partial charge is 0.170 e. The van der Waals surface area contributed by atoms with Gasteiger partial charge < -0.3 is 9.64 Å². The van der Waals surface area contributed by atoms with Crippen molar-refractivity contribution >= 4 is 38.1 Å². The number of Topliss-reactive ketones (excluding diaryl/α,β-unsaturated/α-hetero) is 1. The molecule has 0 aliphatic rings. The lowest BCUT2D eigenvalue weighted by Crippen LogP contribution is -2.19. The first-order valence-electron chi connectivity index (χ1n) is 13.0. The number of likely N-dealkylation sites (N-methyl/N-ethyl adjacent to an activating group) is 1. The van der Waals surface area contributed by atoms with Gasteiger partial charge in [-0.1, -0.05) is 80.6 Å². The second kappa shape index (κ2) is 10.3. The molecule has 5 aromatic rings. The van der Waals surface area contributed by atoms with Crippen LogP contribution in [0.25, 0.3) is 32.3 Å². The van der Waals surface area contributed by atoms with Crippen LogP contribution in [0, 0.1) is 5.92 Å². The molecular formula is C33H35NO2.